The van der Waals surface area contributed by atoms with Gasteiger partial charge in [-0.2, -0.15) is 39.5 Å². The normalized spacial score (nSPS) is 13.0. The quantitative estimate of drug-likeness (QED) is 0.319. The van der Waals surface area contributed by atoms with Crippen LogP contribution in [0.25, 0.3) is 0 Å². The Hall–Kier alpha value is -2.47. The summed E-state index contributed by atoms with van der Waals surface area (Å²) in [5.74, 6) is -9.04. The SMILES string of the molecule is CC(=O)/C=C(/[O-])C(F)(F)F.CC(=O)/C=C(/[O-])C(F)(F)F.CC(=O)/C=C(\[O-])C(F)(F)F.[Cr+3]. The molecule has 0 bridgehead atoms. The van der Waals surface area contributed by atoms with Crippen molar-refractivity contribution in [3.05, 3.63) is 35.5 Å². The van der Waals surface area contributed by atoms with Crippen LogP contribution in [-0.4, -0.2) is 35.9 Å². The van der Waals surface area contributed by atoms with Crippen molar-refractivity contribution in [3.8, 4) is 0 Å². The van der Waals surface area contributed by atoms with Crippen LogP contribution in [-0.2, 0) is 31.7 Å². The first-order valence-electron chi connectivity index (χ1n) is 6.91. The summed E-state index contributed by atoms with van der Waals surface area (Å²) in [6.07, 6.45) is -14.7. The Morgan fingerprint density at radius 2 is 0.645 bits per heavy atom. The van der Waals surface area contributed by atoms with Crippen molar-refractivity contribution in [1.82, 2.24) is 0 Å². The predicted octanol–water partition coefficient (Wildman–Crippen LogP) is 1.14. The zero-order valence-corrected chi connectivity index (χ0v) is 16.8. The molecule has 0 aromatic heterocycles. The van der Waals surface area contributed by atoms with Crippen molar-refractivity contribution in [2.24, 2.45) is 0 Å². The van der Waals surface area contributed by atoms with Gasteiger partial charge in [-0.1, -0.05) is 0 Å². The topological polar surface area (TPSA) is 120 Å². The van der Waals surface area contributed by atoms with E-state index in [0.29, 0.717) is 0 Å². The van der Waals surface area contributed by atoms with Gasteiger partial charge in [-0.3, -0.25) is 14.4 Å². The van der Waals surface area contributed by atoms with E-state index >= 15 is 0 Å². The summed E-state index contributed by atoms with van der Waals surface area (Å²) in [5, 5.41) is 29.6. The molecule has 31 heavy (non-hydrogen) atoms. The Morgan fingerprint density at radius 3 is 0.677 bits per heavy atom. The maximum absolute atomic E-state index is 11.3. The molecule has 1 radical (unpaired) electrons. The van der Waals surface area contributed by atoms with Crippen LogP contribution in [0.4, 0.5) is 39.5 Å². The standard InChI is InChI=1S/3C5H5F3O2.Cr/c3*1-3(9)2-4(10)5(6,7)8;/h3*2,10H,1H3;/q;;;+3/p-3/b2*4-2+;4-2-;. The minimum atomic E-state index is -4.92. The number of carbonyl (C=O) groups excluding carboxylic acids is 3. The number of carbonyl (C=O) groups is 3. The molecule has 0 unspecified atom stereocenters. The first-order chi connectivity index (χ1) is 13.0. The molecule has 0 aromatic carbocycles. The number of rotatable bonds is 3. The van der Waals surface area contributed by atoms with E-state index in [1.165, 1.54) is 0 Å². The summed E-state index contributed by atoms with van der Waals surface area (Å²) in [6, 6.07) is 0. The van der Waals surface area contributed by atoms with Gasteiger partial charge in [0.05, 0.1) is 0 Å². The van der Waals surface area contributed by atoms with Crippen LogP contribution in [0.1, 0.15) is 20.8 Å². The van der Waals surface area contributed by atoms with Gasteiger partial charge < -0.3 is 15.3 Å². The third-order valence-corrected chi connectivity index (χ3v) is 1.84. The largest absolute Gasteiger partial charge is 3.00 e. The van der Waals surface area contributed by atoms with Gasteiger partial charge in [0.25, 0.3) is 0 Å². The summed E-state index contributed by atoms with van der Waals surface area (Å²) in [6.45, 7) is 2.64. The smallest absolute Gasteiger partial charge is 0.869 e. The van der Waals surface area contributed by atoms with Gasteiger partial charge in [-0.15, -0.1) is 0 Å². The molecule has 0 aliphatic heterocycles. The van der Waals surface area contributed by atoms with E-state index in [-0.39, 0.29) is 35.6 Å². The number of allylic oxidation sites excluding steroid dienone is 6. The van der Waals surface area contributed by atoms with Gasteiger partial charge in [-0.05, 0) is 56.3 Å². The van der Waals surface area contributed by atoms with Crippen LogP contribution in [0.2, 0.25) is 0 Å². The van der Waals surface area contributed by atoms with Crippen molar-refractivity contribution in [2.45, 2.75) is 39.3 Å². The van der Waals surface area contributed by atoms with Crippen LogP contribution >= 0.6 is 0 Å². The van der Waals surface area contributed by atoms with E-state index in [2.05, 4.69) is 0 Å². The molecule has 0 N–H and O–H groups in total. The predicted molar refractivity (Wildman–Crippen MR) is 74.5 cm³/mol. The fourth-order valence-electron chi connectivity index (χ4n) is 0.799. The first-order valence-corrected chi connectivity index (χ1v) is 6.91. The average Bonchev–Trinajstić information content (AvgIpc) is 2.43. The molecule has 0 saturated heterocycles. The third-order valence-electron chi connectivity index (χ3n) is 1.84. The molecule has 6 nitrogen and oxygen atoms in total. The number of hydrogen-bond donors (Lipinski definition) is 0. The summed E-state index contributed by atoms with van der Waals surface area (Å²) in [7, 11) is 0. The molecular weight excluding hydrogens is 499 g/mol. The van der Waals surface area contributed by atoms with E-state index in [1.54, 1.807) is 0 Å². The van der Waals surface area contributed by atoms with Gasteiger partial charge in [0.1, 0.15) is 0 Å². The Kier molecular flexibility index (Phi) is 16.8. The Morgan fingerprint density at radius 1 is 0.516 bits per heavy atom. The molecule has 0 amide bonds. The molecule has 0 atom stereocenters. The monoisotopic (exact) mass is 511 g/mol. The maximum atomic E-state index is 11.3. The molecule has 0 spiro atoms. The Balaban J connectivity index is -0.000000174. The van der Waals surface area contributed by atoms with E-state index in [4.69, 9.17) is 0 Å². The van der Waals surface area contributed by atoms with Gasteiger partial charge in [-0.25, -0.2) is 0 Å². The second-order valence-corrected chi connectivity index (χ2v) is 4.85. The summed E-state index contributed by atoms with van der Waals surface area (Å²) in [4.78, 5) is 29.8. The van der Waals surface area contributed by atoms with Crippen molar-refractivity contribution in [2.75, 3.05) is 0 Å². The molecular formula is C15H12CrF9O6. The van der Waals surface area contributed by atoms with Crippen LogP contribution in [0.5, 0.6) is 0 Å². The molecule has 0 heterocycles. The fraction of sp³-hybridized carbons (Fsp3) is 0.400. The van der Waals surface area contributed by atoms with Gasteiger partial charge in [0.15, 0.2) is 17.3 Å². The second-order valence-electron chi connectivity index (χ2n) is 4.85. The number of alkyl halides is 9. The van der Waals surface area contributed by atoms with Crippen molar-refractivity contribution in [3.63, 3.8) is 0 Å². The summed E-state index contributed by atoms with van der Waals surface area (Å²) in [5.41, 5.74) is 0. The molecule has 0 saturated carbocycles. The van der Waals surface area contributed by atoms with Crippen molar-refractivity contribution in [1.29, 1.82) is 0 Å². The number of halogens is 9. The molecule has 0 rings (SSSR count). The molecule has 0 aromatic rings. The van der Waals surface area contributed by atoms with Crippen LogP contribution in [0.3, 0.4) is 0 Å². The molecule has 177 valence electrons. The minimum Gasteiger partial charge on any atom is -0.869 e. The Labute approximate surface area is 179 Å². The van der Waals surface area contributed by atoms with E-state index in [9.17, 15) is 69.2 Å². The third kappa shape index (κ3) is 23.7. The van der Waals surface area contributed by atoms with E-state index in [1.807, 2.05) is 0 Å². The first kappa shape index (κ1) is 35.9. The average molecular weight is 511 g/mol. The van der Waals surface area contributed by atoms with Crippen molar-refractivity contribution >= 4 is 17.3 Å². The van der Waals surface area contributed by atoms with Gasteiger partial charge >= 0.3 is 35.9 Å². The molecule has 0 fully saturated rings. The summed E-state index contributed by atoms with van der Waals surface area (Å²) >= 11 is 0. The minimum absolute atomic E-state index is 0. The molecule has 16 heteroatoms. The Bertz CT molecular complexity index is 606. The fourth-order valence-corrected chi connectivity index (χ4v) is 0.799. The molecule has 0 aliphatic carbocycles. The number of ketones is 3. The van der Waals surface area contributed by atoms with Gasteiger partial charge in [0.2, 0.25) is 0 Å². The summed E-state index contributed by atoms with van der Waals surface area (Å²) < 4.78 is 101. The van der Waals surface area contributed by atoms with E-state index < -0.39 is 53.2 Å². The van der Waals surface area contributed by atoms with Crippen LogP contribution in [0, 0.1) is 0 Å². The maximum Gasteiger partial charge on any atom is 3.00 e. The van der Waals surface area contributed by atoms with Crippen LogP contribution in [0.15, 0.2) is 35.5 Å². The van der Waals surface area contributed by atoms with E-state index in [0.717, 1.165) is 20.8 Å². The number of hydrogen-bond acceptors (Lipinski definition) is 6. The van der Waals surface area contributed by atoms with Crippen LogP contribution < -0.4 is 15.3 Å². The molecule has 0 aliphatic rings. The van der Waals surface area contributed by atoms with Gasteiger partial charge in [0, 0.05) is 0 Å². The zero-order chi connectivity index (χ0) is 25.1. The zero-order valence-electron chi connectivity index (χ0n) is 15.5. The second kappa shape index (κ2) is 14.5. The van der Waals surface area contributed by atoms with Crippen molar-refractivity contribution < 1.29 is 86.6 Å².